The number of hydrogen-bond donors (Lipinski definition) is 0. The molecule has 0 fully saturated rings. The molecule has 19 heavy (non-hydrogen) atoms. The summed E-state index contributed by atoms with van der Waals surface area (Å²) in [4.78, 5) is 37.1. The average Bonchev–Trinajstić information content (AvgIpc) is 1.79. The Morgan fingerprint density at radius 1 is 0.526 bits per heavy atom. The van der Waals surface area contributed by atoms with E-state index >= 15 is 0 Å². The van der Waals surface area contributed by atoms with Crippen molar-refractivity contribution in [1.29, 1.82) is 0 Å². The van der Waals surface area contributed by atoms with Crippen molar-refractivity contribution < 1.29 is 56.0 Å². The minimum absolute atomic E-state index is 0. The van der Waals surface area contributed by atoms with Gasteiger partial charge in [0.2, 0.25) is 0 Å². The second-order valence-corrected chi connectivity index (χ2v) is 1.84. The van der Waals surface area contributed by atoms with E-state index in [1.807, 2.05) is 0 Å². The van der Waals surface area contributed by atoms with E-state index in [0.717, 1.165) is 0 Å². The van der Waals surface area contributed by atoms with E-state index in [-0.39, 0.29) is 107 Å². The maximum absolute atomic E-state index is 9.28. The summed E-state index contributed by atoms with van der Waals surface area (Å²) >= 11 is 0. The Bertz CT molecular complexity index is 204. The van der Waals surface area contributed by atoms with Crippen molar-refractivity contribution in [2.75, 3.05) is 0 Å². The molecule has 0 aromatic heterocycles. The van der Waals surface area contributed by atoms with Gasteiger partial charge in [-0.15, -0.1) is 0 Å². The predicted molar refractivity (Wildman–Crippen MR) is 51.6 cm³/mol. The van der Waals surface area contributed by atoms with E-state index in [9.17, 15) is 39.6 Å². The molecule has 0 aromatic rings. The number of rotatable bonds is 4. The number of carboxylic acids is 4. The maximum Gasteiger partial charge on any atom is 2.00 e. The summed E-state index contributed by atoms with van der Waals surface area (Å²) in [6.45, 7) is 0. The standard InChI is InChI=1S/2C3H4O4.3H2O.2Sr/c2*4-2(5)1-3(6)7;;;;;/h2*1H2,(H,4,5)(H,6,7);3*1H2;;/q;;;;;2*+2/p-4. The van der Waals surface area contributed by atoms with Gasteiger partial charge in [0.25, 0.3) is 0 Å². The van der Waals surface area contributed by atoms with Gasteiger partial charge < -0.3 is 56.0 Å². The van der Waals surface area contributed by atoms with Gasteiger partial charge in [-0.25, -0.2) is 0 Å². The van der Waals surface area contributed by atoms with E-state index in [1.165, 1.54) is 0 Å². The molecule has 0 heterocycles. The molecule has 0 aliphatic heterocycles. The maximum atomic E-state index is 9.28. The third-order valence-electron chi connectivity index (χ3n) is 0.577. The predicted octanol–water partition coefficient (Wildman–Crippen LogP) is -9.48. The summed E-state index contributed by atoms with van der Waals surface area (Å²) in [6.07, 6.45) is -2.06. The van der Waals surface area contributed by atoms with Crippen molar-refractivity contribution in [3.05, 3.63) is 0 Å². The number of hydrogen-bond acceptors (Lipinski definition) is 8. The quantitative estimate of drug-likeness (QED) is 0.303. The van der Waals surface area contributed by atoms with Crippen LogP contribution in [0.3, 0.4) is 0 Å². The second-order valence-electron chi connectivity index (χ2n) is 1.84. The monoisotopic (exact) mass is 434 g/mol. The van der Waals surface area contributed by atoms with Crippen LogP contribution in [0.5, 0.6) is 0 Å². The molecule has 0 bridgehead atoms. The van der Waals surface area contributed by atoms with Crippen LogP contribution in [0, 0.1) is 0 Å². The van der Waals surface area contributed by atoms with Gasteiger partial charge in [-0.3, -0.25) is 0 Å². The first-order chi connectivity index (χ1) is 6.25. The van der Waals surface area contributed by atoms with Crippen LogP contribution in [-0.2, 0) is 19.2 Å². The van der Waals surface area contributed by atoms with E-state index in [4.69, 9.17) is 0 Å². The molecule has 0 amide bonds. The first-order valence-corrected chi connectivity index (χ1v) is 3.05. The van der Waals surface area contributed by atoms with E-state index < -0.39 is 36.7 Å². The van der Waals surface area contributed by atoms with Crippen molar-refractivity contribution >= 4 is 115 Å². The van der Waals surface area contributed by atoms with Crippen LogP contribution >= 0.6 is 0 Å². The summed E-state index contributed by atoms with van der Waals surface area (Å²) in [5, 5.41) is 37.1. The SMILES string of the molecule is O.O.O.O=C([O-])CC(=O)[O-].O=C([O-])CC(=O)[O-].[Sr+2].[Sr+2]. The Labute approximate surface area is 181 Å². The Morgan fingerprint density at radius 2 is 0.632 bits per heavy atom. The van der Waals surface area contributed by atoms with Crippen LogP contribution in [0.25, 0.3) is 0 Å². The van der Waals surface area contributed by atoms with Gasteiger partial charge >= 0.3 is 91.0 Å². The fourth-order valence-corrected chi connectivity index (χ4v) is 0.236. The minimum Gasteiger partial charge on any atom is -0.550 e. The molecule has 0 unspecified atom stereocenters. The smallest absolute Gasteiger partial charge is 0.550 e. The first-order valence-electron chi connectivity index (χ1n) is 3.05. The minimum atomic E-state index is -1.63. The summed E-state index contributed by atoms with van der Waals surface area (Å²) in [5.41, 5.74) is 0. The summed E-state index contributed by atoms with van der Waals surface area (Å²) in [7, 11) is 0. The van der Waals surface area contributed by atoms with Gasteiger partial charge in [0, 0.05) is 36.7 Å². The van der Waals surface area contributed by atoms with Gasteiger partial charge in [-0.05, 0) is 0 Å². The fraction of sp³-hybridized carbons (Fsp3) is 0.333. The molecule has 11 nitrogen and oxygen atoms in total. The first kappa shape index (κ1) is 42.7. The van der Waals surface area contributed by atoms with Gasteiger partial charge in [-0.1, -0.05) is 0 Å². The van der Waals surface area contributed by atoms with Crippen molar-refractivity contribution in [2.45, 2.75) is 12.8 Å². The van der Waals surface area contributed by atoms with Crippen LogP contribution in [0.1, 0.15) is 12.8 Å². The van der Waals surface area contributed by atoms with Crippen LogP contribution in [0.4, 0.5) is 0 Å². The van der Waals surface area contributed by atoms with Crippen molar-refractivity contribution in [1.82, 2.24) is 0 Å². The zero-order chi connectivity index (χ0) is 11.7. The van der Waals surface area contributed by atoms with Crippen LogP contribution in [0.15, 0.2) is 0 Å². The third kappa shape index (κ3) is 68.8. The van der Waals surface area contributed by atoms with Gasteiger partial charge in [-0.2, -0.15) is 0 Å². The number of carbonyl (C=O) groups excluding carboxylic acids is 4. The van der Waals surface area contributed by atoms with E-state index in [0.29, 0.717) is 0 Å². The van der Waals surface area contributed by atoms with Crippen LogP contribution < -0.4 is 20.4 Å². The largest absolute Gasteiger partial charge is 2.00 e. The molecule has 0 rings (SSSR count). The van der Waals surface area contributed by atoms with Crippen LogP contribution in [0.2, 0.25) is 0 Å². The average molecular weight is 433 g/mol. The Morgan fingerprint density at radius 3 is 0.632 bits per heavy atom. The molecule has 104 valence electrons. The molecule has 0 aliphatic rings. The van der Waals surface area contributed by atoms with Crippen molar-refractivity contribution in [2.24, 2.45) is 0 Å². The Hall–Kier alpha value is 0.721. The van der Waals surface area contributed by atoms with E-state index in [2.05, 4.69) is 0 Å². The molecule has 0 aromatic carbocycles. The van der Waals surface area contributed by atoms with Gasteiger partial charge in [0.15, 0.2) is 0 Å². The molecule has 13 heteroatoms. The molecular formula is C6H10O11Sr2. The molecule has 0 radical (unpaired) electrons. The topological polar surface area (TPSA) is 255 Å². The number of aliphatic carboxylic acids is 4. The van der Waals surface area contributed by atoms with Gasteiger partial charge in [0.1, 0.15) is 0 Å². The molecule has 0 saturated carbocycles. The zero-order valence-corrected chi connectivity index (χ0v) is 16.5. The third-order valence-corrected chi connectivity index (χ3v) is 0.577. The summed E-state index contributed by atoms with van der Waals surface area (Å²) in [5.74, 6) is -6.50. The molecule has 0 atom stereocenters. The molecule has 0 spiro atoms. The molecule has 6 N–H and O–H groups in total. The zero-order valence-electron chi connectivity index (χ0n) is 9.59. The van der Waals surface area contributed by atoms with Crippen LogP contribution in [-0.4, -0.2) is 131 Å². The summed E-state index contributed by atoms with van der Waals surface area (Å²) in [6, 6.07) is 0. The molecule has 0 saturated heterocycles. The van der Waals surface area contributed by atoms with Crippen molar-refractivity contribution in [3.63, 3.8) is 0 Å². The Balaban J connectivity index is -0.0000000240. The second kappa shape index (κ2) is 27.1. The number of carbonyl (C=O) groups is 4. The number of carboxylic acid groups (broad SMARTS) is 4. The van der Waals surface area contributed by atoms with E-state index in [1.54, 1.807) is 0 Å². The van der Waals surface area contributed by atoms with Crippen molar-refractivity contribution in [3.8, 4) is 0 Å². The molecular weight excluding hydrogens is 423 g/mol. The summed E-state index contributed by atoms with van der Waals surface area (Å²) < 4.78 is 0. The fourth-order valence-electron chi connectivity index (χ4n) is 0.236. The normalized spacial score (nSPS) is 5.89. The van der Waals surface area contributed by atoms with Gasteiger partial charge in [0.05, 0.1) is 0 Å². The Kier molecular flexibility index (Phi) is 61.0. The molecule has 0 aliphatic carbocycles.